The highest BCUT2D eigenvalue weighted by Crippen LogP contribution is 2.23. The van der Waals surface area contributed by atoms with Crippen molar-refractivity contribution in [1.82, 2.24) is 10.3 Å². The van der Waals surface area contributed by atoms with Crippen LogP contribution in [0.3, 0.4) is 0 Å². The van der Waals surface area contributed by atoms with E-state index < -0.39 is 4.92 Å². The smallest absolute Gasteiger partial charge is 0.269 e. The van der Waals surface area contributed by atoms with Crippen LogP contribution in [0.5, 0.6) is 5.88 Å². The topological polar surface area (TPSA) is 94.4 Å². The van der Waals surface area contributed by atoms with Crippen LogP contribution in [0.1, 0.15) is 31.2 Å². The molecular formula is C19H21N3O4. The quantitative estimate of drug-likeness (QED) is 0.635. The van der Waals surface area contributed by atoms with E-state index in [9.17, 15) is 14.9 Å². The van der Waals surface area contributed by atoms with E-state index in [4.69, 9.17) is 4.74 Å². The standard InChI is InChI=1S/C19H21N3O4/c23-18(13-14-4-8-16(9-5-14)22(24)25)21-15-6-10-17(11-7-15)26-19-3-1-2-12-20-19/h1-5,8-9,12,15,17H,6-7,10-11,13H2,(H,21,23). The zero-order valence-electron chi connectivity index (χ0n) is 14.3. The van der Waals surface area contributed by atoms with Gasteiger partial charge in [0.15, 0.2) is 0 Å². The second kappa shape index (κ2) is 8.42. The van der Waals surface area contributed by atoms with Gasteiger partial charge in [-0.3, -0.25) is 14.9 Å². The molecule has 0 spiro atoms. The van der Waals surface area contributed by atoms with Crippen LogP contribution < -0.4 is 10.1 Å². The number of benzene rings is 1. The lowest BCUT2D eigenvalue weighted by Crippen LogP contribution is -2.40. The van der Waals surface area contributed by atoms with E-state index in [2.05, 4.69) is 10.3 Å². The third-order valence-electron chi connectivity index (χ3n) is 4.48. The summed E-state index contributed by atoms with van der Waals surface area (Å²) >= 11 is 0. The van der Waals surface area contributed by atoms with Crippen molar-refractivity contribution in [2.45, 2.75) is 44.2 Å². The van der Waals surface area contributed by atoms with Gasteiger partial charge >= 0.3 is 0 Å². The van der Waals surface area contributed by atoms with Crippen molar-refractivity contribution in [1.29, 1.82) is 0 Å². The maximum absolute atomic E-state index is 12.2. The molecule has 1 aliphatic carbocycles. The first-order valence-electron chi connectivity index (χ1n) is 8.70. The monoisotopic (exact) mass is 355 g/mol. The first-order chi connectivity index (χ1) is 12.6. The van der Waals surface area contributed by atoms with Gasteiger partial charge in [-0.25, -0.2) is 4.98 Å². The molecule has 7 nitrogen and oxygen atoms in total. The molecule has 1 fully saturated rings. The van der Waals surface area contributed by atoms with Crippen molar-refractivity contribution >= 4 is 11.6 Å². The van der Waals surface area contributed by atoms with Gasteiger partial charge in [0.1, 0.15) is 6.10 Å². The molecule has 1 aromatic carbocycles. The lowest BCUT2D eigenvalue weighted by molar-refractivity contribution is -0.384. The fourth-order valence-electron chi connectivity index (χ4n) is 3.11. The van der Waals surface area contributed by atoms with Crippen LogP contribution in [-0.4, -0.2) is 28.0 Å². The Bertz CT molecular complexity index is 741. The molecule has 26 heavy (non-hydrogen) atoms. The van der Waals surface area contributed by atoms with Crippen LogP contribution >= 0.6 is 0 Å². The van der Waals surface area contributed by atoms with E-state index in [1.807, 2.05) is 18.2 Å². The SMILES string of the molecule is O=C(Cc1ccc([N+](=O)[O-])cc1)NC1CCC(Oc2ccccn2)CC1. The van der Waals surface area contributed by atoms with Crippen LogP contribution in [-0.2, 0) is 11.2 Å². The van der Waals surface area contributed by atoms with E-state index in [0.717, 1.165) is 31.2 Å². The Morgan fingerprint density at radius 1 is 1.15 bits per heavy atom. The fraction of sp³-hybridized carbons (Fsp3) is 0.368. The van der Waals surface area contributed by atoms with Crippen LogP contribution in [0, 0.1) is 10.1 Å². The van der Waals surface area contributed by atoms with E-state index in [0.29, 0.717) is 5.88 Å². The van der Waals surface area contributed by atoms with Crippen LogP contribution in [0.4, 0.5) is 5.69 Å². The summed E-state index contributed by atoms with van der Waals surface area (Å²) in [6, 6.07) is 11.8. The molecule has 0 unspecified atom stereocenters. The Balaban J connectivity index is 1.42. The number of pyridine rings is 1. The summed E-state index contributed by atoms with van der Waals surface area (Å²) in [5.41, 5.74) is 0.792. The summed E-state index contributed by atoms with van der Waals surface area (Å²) in [5.74, 6) is 0.575. The summed E-state index contributed by atoms with van der Waals surface area (Å²) in [4.78, 5) is 26.6. The van der Waals surface area contributed by atoms with Crippen molar-refractivity contribution in [3.63, 3.8) is 0 Å². The predicted molar refractivity (Wildman–Crippen MR) is 95.9 cm³/mol. The van der Waals surface area contributed by atoms with Gasteiger partial charge in [-0.15, -0.1) is 0 Å². The van der Waals surface area contributed by atoms with Gasteiger partial charge < -0.3 is 10.1 Å². The summed E-state index contributed by atoms with van der Waals surface area (Å²) < 4.78 is 5.86. The third-order valence-corrected chi connectivity index (χ3v) is 4.48. The number of rotatable bonds is 6. The van der Waals surface area contributed by atoms with E-state index in [1.54, 1.807) is 18.3 Å². The van der Waals surface area contributed by atoms with Gasteiger partial charge in [-0.05, 0) is 37.3 Å². The van der Waals surface area contributed by atoms with Gasteiger partial charge in [0, 0.05) is 30.4 Å². The Kier molecular flexibility index (Phi) is 5.78. The molecule has 0 radical (unpaired) electrons. The Morgan fingerprint density at radius 3 is 2.50 bits per heavy atom. The highest BCUT2D eigenvalue weighted by molar-refractivity contribution is 5.78. The van der Waals surface area contributed by atoms with Crippen molar-refractivity contribution in [3.8, 4) is 5.88 Å². The number of nitrogens with zero attached hydrogens (tertiary/aromatic N) is 2. The van der Waals surface area contributed by atoms with Gasteiger partial charge in [-0.2, -0.15) is 0 Å². The predicted octanol–water partition coefficient (Wildman–Crippen LogP) is 3.04. The number of hydrogen-bond donors (Lipinski definition) is 1. The molecule has 1 amide bonds. The molecule has 1 N–H and O–H groups in total. The largest absolute Gasteiger partial charge is 0.474 e. The fourth-order valence-corrected chi connectivity index (χ4v) is 3.11. The molecule has 0 saturated heterocycles. The summed E-state index contributed by atoms with van der Waals surface area (Å²) in [6.45, 7) is 0. The van der Waals surface area contributed by atoms with Crippen LogP contribution in [0.15, 0.2) is 48.7 Å². The van der Waals surface area contributed by atoms with E-state index >= 15 is 0 Å². The number of carbonyl (C=O) groups is 1. The summed E-state index contributed by atoms with van der Waals surface area (Å²) in [5, 5.41) is 13.7. The second-order valence-corrected chi connectivity index (χ2v) is 6.43. The van der Waals surface area contributed by atoms with Crippen LogP contribution in [0.2, 0.25) is 0 Å². The van der Waals surface area contributed by atoms with Crippen LogP contribution in [0.25, 0.3) is 0 Å². The number of ether oxygens (including phenoxy) is 1. The summed E-state index contributed by atoms with van der Waals surface area (Å²) in [6.07, 6.45) is 5.54. The van der Waals surface area contributed by atoms with Gasteiger partial charge in [0.25, 0.3) is 5.69 Å². The third kappa shape index (κ3) is 5.02. The molecule has 1 saturated carbocycles. The van der Waals surface area contributed by atoms with Gasteiger partial charge in [-0.1, -0.05) is 18.2 Å². The van der Waals surface area contributed by atoms with E-state index in [1.165, 1.54) is 12.1 Å². The molecule has 2 aromatic rings. The van der Waals surface area contributed by atoms with Crippen molar-refractivity contribution in [2.24, 2.45) is 0 Å². The zero-order valence-corrected chi connectivity index (χ0v) is 14.3. The molecule has 0 aliphatic heterocycles. The van der Waals surface area contributed by atoms with Crippen molar-refractivity contribution < 1.29 is 14.5 Å². The average molecular weight is 355 g/mol. The molecule has 3 rings (SSSR count). The number of non-ortho nitro benzene ring substituents is 1. The Labute approximate surface area is 151 Å². The highest BCUT2D eigenvalue weighted by Gasteiger charge is 2.23. The molecule has 1 heterocycles. The second-order valence-electron chi connectivity index (χ2n) is 6.43. The maximum atomic E-state index is 12.2. The lowest BCUT2D eigenvalue weighted by Gasteiger charge is -2.29. The minimum Gasteiger partial charge on any atom is -0.474 e. The first-order valence-corrected chi connectivity index (χ1v) is 8.70. The minimum absolute atomic E-state index is 0.0281. The maximum Gasteiger partial charge on any atom is 0.269 e. The number of nitro benzene ring substituents is 1. The average Bonchev–Trinajstić information content (AvgIpc) is 2.64. The van der Waals surface area contributed by atoms with Crippen molar-refractivity contribution in [3.05, 3.63) is 64.3 Å². The van der Waals surface area contributed by atoms with Crippen molar-refractivity contribution in [2.75, 3.05) is 0 Å². The normalized spacial score (nSPS) is 19.5. The molecule has 1 aliphatic rings. The molecule has 1 aromatic heterocycles. The first kappa shape index (κ1) is 17.8. The molecule has 0 bridgehead atoms. The number of amides is 1. The number of carbonyl (C=O) groups excluding carboxylic acids is 1. The molecule has 136 valence electrons. The van der Waals surface area contributed by atoms with Gasteiger partial charge in [0.2, 0.25) is 11.8 Å². The number of aromatic nitrogens is 1. The molecular weight excluding hydrogens is 334 g/mol. The number of nitro groups is 1. The molecule has 7 heteroatoms. The lowest BCUT2D eigenvalue weighted by atomic mass is 9.92. The van der Waals surface area contributed by atoms with Gasteiger partial charge in [0.05, 0.1) is 11.3 Å². The molecule has 0 atom stereocenters. The Morgan fingerprint density at radius 2 is 1.88 bits per heavy atom. The number of hydrogen-bond acceptors (Lipinski definition) is 5. The minimum atomic E-state index is -0.449. The highest BCUT2D eigenvalue weighted by atomic mass is 16.6. The van der Waals surface area contributed by atoms with E-state index in [-0.39, 0.29) is 30.2 Å². The summed E-state index contributed by atoms with van der Waals surface area (Å²) in [7, 11) is 0. The Hall–Kier alpha value is -2.96. The zero-order chi connectivity index (χ0) is 18.4. The number of nitrogens with one attached hydrogen (secondary N) is 1.